The Morgan fingerprint density at radius 2 is 2.32 bits per heavy atom. The van der Waals surface area contributed by atoms with Crippen LogP contribution in [0.3, 0.4) is 0 Å². The van der Waals surface area contributed by atoms with Gasteiger partial charge in [0.1, 0.15) is 11.6 Å². The van der Waals surface area contributed by atoms with Crippen LogP contribution in [0, 0.1) is 12.8 Å². The van der Waals surface area contributed by atoms with Crippen LogP contribution in [0.1, 0.15) is 31.9 Å². The average molecular weight is 422 g/mol. The molecular formula is C14H27IN6O. The van der Waals surface area contributed by atoms with Crippen LogP contribution in [-0.4, -0.2) is 51.6 Å². The smallest absolute Gasteiger partial charge is 0.191 e. The van der Waals surface area contributed by atoms with E-state index in [-0.39, 0.29) is 36.5 Å². The highest BCUT2D eigenvalue weighted by atomic mass is 127. The molecule has 0 radical (unpaired) electrons. The van der Waals surface area contributed by atoms with Gasteiger partial charge in [-0.05, 0) is 26.2 Å². The van der Waals surface area contributed by atoms with E-state index in [1.165, 1.54) is 0 Å². The molecule has 22 heavy (non-hydrogen) atoms. The first-order valence-electron chi connectivity index (χ1n) is 7.68. The van der Waals surface area contributed by atoms with E-state index in [4.69, 9.17) is 5.11 Å². The second-order valence-corrected chi connectivity index (χ2v) is 5.64. The zero-order chi connectivity index (χ0) is 15.2. The Kier molecular flexibility index (Phi) is 8.08. The topological polar surface area (TPSA) is 87.4 Å². The quantitative estimate of drug-likeness (QED) is 0.370. The molecule has 3 N–H and O–H groups in total. The van der Waals surface area contributed by atoms with Crippen LogP contribution in [-0.2, 0) is 13.0 Å². The van der Waals surface area contributed by atoms with Crippen molar-refractivity contribution < 1.29 is 5.11 Å². The van der Waals surface area contributed by atoms with Gasteiger partial charge in [-0.15, -0.1) is 24.0 Å². The Hall–Kier alpha value is -0.900. The Labute approximate surface area is 149 Å². The van der Waals surface area contributed by atoms with Gasteiger partial charge in [-0.3, -0.25) is 4.99 Å². The van der Waals surface area contributed by atoms with Crippen LogP contribution >= 0.6 is 24.0 Å². The Morgan fingerprint density at radius 1 is 1.55 bits per heavy atom. The van der Waals surface area contributed by atoms with Crippen molar-refractivity contribution >= 4 is 29.9 Å². The van der Waals surface area contributed by atoms with Gasteiger partial charge in [0, 0.05) is 32.2 Å². The van der Waals surface area contributed by atoms with Crippen molar-refractivity contribution in [3.8, 4) is 0 Å². The molecule has 0 fully saturated rings. The number of hydrogen-bond donors (Lipinski definition) is 3. The summed E-state index contributed by atoms with van der Waals surface area (Å²) in [6.45, 7) is 8.37. The van der Waals surface area contributed by atoms with Crippen LogP contribution in [0.5, 0.6) is 0 Å². The van der Waals surface area contributed by atoms with Crippen molar-refractivity contribution in [1.29, 1.82) is 0 Å². The van der Waals surface area contributed by atoms with Gasteiger partial charge < -0.3 is 15.7 Å². The van der Waals surface area contributed by atoms with Crippen molar-refractivity contribution in [2.75, 3.05) is 19.7 Å². The van der Waals surface area contributed by atoms with Crippen LogP contribution in [0.4, 0.5) is 0 Å². The summed E-state index contributed by atoms with van der Waals surface area (Å²) in [6.07, 6.45) is 1.96. The van der Waals surface area contributed by atoms with Crippen LogP contribution in [0.25, 0.3) is 0 Å². The number of nitrogens with one attached hydrogen (secondary N) is 2. The molecule has 2 unspecified atom stereocenters. The van der Waals surface area contributed by atoms with E-state index in [0.29, 0.717) is 12.6 Å². The zero-order valence-corrected chi connectivity index (χ0v) is 15.9. The molecule has 0 amide bonds. The van der Waals surface area contributed by atoms with E-state index in [1.54, 1.807) is 0 Å². The molecule has 0 aliphatic carbocycles. The summed E-state index contributed by atoms with van der Waals surface area (Å²) in [5.74, 6) is 2.89. The molecule has 1 aliphatic rings. The van der Waals surface area contributed by atoms with Gasteiger partial charge in [0.15, 0.2) is 5.96 Å². The highest BCUT2D eigenvalue weighted by Crippen LogP contribution is 2.12. The lowest BCUT2D eigenvalue weighted by Gasteiger charge is -2.25. The normalized spacial score (nSPS) is 19.1. The maximum Gasteiger partial charge on any atom is 0.191 e. The number of aliphatic hydroxyl groups is 1. The summed E-state index contributed by atoms with van der Waals surface area (Å²) < 4.78 is 1.98. The molecule has 1 aliphatic heterocycles. The maximum absolute atomic E-state index is 9.08. The van der Waals surface area contributed by atoms with Gasteiger partial charge in [0.25, 0.3) is 0 Å². The fourth-order valence-electron chi connectivity index (χ4n) is 2.37. The summed E-state index contributed by atoms with van der Waals surface area (Å²) >= 11 is 0. The predicted molar refractivity (Wildman–Crippen MR) is 97.6 cm³/mol. The van der Waals surface area contributed by atoms with E-state index < -0.39 is 0 Å². The van der Waals surface area contributed by atoms with Crippen molar-refractivity contribution in [2.24, 2.45) is 10.9 Å². The van der Waals surface area contributed by atoms with E-state index in [1.807, 2.05) is 25.5 Å². The first-order valence-corrected chi connectivity index (χ1v) is 7.68. The monoisotopic (exact) mass is 422 g/mol. The molecule has 2 heterocycles. The molecule has 0 aromatic carbocycles. The summed E-state index contributed by atoms with van der Waals surface area (Å²) in [5.41, 5.74) is 0. The number of aromatic nitrogens is 3. The number of aryl methyl sites for hydroxylation is 2. The van der Waals surface area contributed by atoms with Gasteiger partial charge in [0.05, 0.1) is 6.54 Å². The molecule has 1 aromatic heterocycles. The summed E-state index contributed by atoms with van der Waals surface area (Å²) in [5, 5.41) is 20.2. The van der Waals surface area contributed by atoms with Gasteiger partial charge in [0.2, 0.25) is 0 Å². The van der Waals surface area contributed by atoms with Gasteiger partial charge in [-0.2, -0.15) is 5.10 Å². The average Bonchev–Trinajstić information content (AvgIpc) is 2.84. The number of rotatable bonds is 5. The largest absolute Gasteiger partial charge is 0.396 e. The van der Waals surface area contributed by atoms with Gasteiger partial charge >= 0.3 is 0 Å². The lowest BCUT2D eigenvalue weighted by molar-refractivity contribution is 0.241. The first-order chi connectivity index (χ1) is 10.1. The number of fused-ring (bicyclic) bond motifs is 1. The van der Waals surface area contributed by atoms with Crippen molar-refractivity contribution in [1.82, 2.24) is 25.4 Å². The van der Waals surface area contributed by atoms with Crippen LogP contribution < -0.4 is 10.6 Å². The number of hydrogen-bond acceptors (Lipinski definition) is 4. The van der Waals surface area contributed by atoms with E-state index in [2.05, 4.69) is 25.7 Å². The SMILES string of the molecule is CCNC(=NCC(C)CO)NC1CCc2nc(C)nn2C1.I. The molecule has 0 spiro atoms. The molecule has 1 aromatic rings. The number of nitrogens with zero attached hydrogens (tertiary/aromatic N) is 4. The number of halogens is 1. The highest BCUT2D eigenvalue weighted by molar-refractivity contribution is 14.0. The summed E-state index contributed by atoms with van der Waals surface area (Å²) in [6, 6.07) is 0.306. The fourth-order valence-corrected chi connectivity index (χ4v) is 2.37. The lowest BCUT2D eigenvalue weighted by Crippen LogP contribution is -2.47. The molecular weight excluding hydrogens is 395 g/mol. The molecule has 0 saturated heterocycles. The minimum atomic E-state index is 0. The molecule has 2 rings (SSSR count). The highest BCUT2D eigenvalue weighted by Gasteiger charge is 2.21. The molecule has 0 bridgehead atoms. The van der Waals surface area contributed by atoms with Crippen molar-refractivity contribution in [3.63, 3.8) is 0 Å². The van der Waals surface area contributed by atoms with Gasteiger partial charge in [-0.1, -0.05) is 6.92 Å². The first kappa shape index (κ1) is 19.1. The number of aliphatic hydroxyl groups excluding tert-OH is 1. The third kappa shape index (κ3) is 5.38. The molecule has 2 atom stereocenters. The summed E-state index contributed by atoms with van der Waals surface area (Å²) in [4.78, 5) is 8.95. The lowest BCUT2D eigenvalue weighted by atomic mass is 10.1. The van der Waals surface area contributed by atoms with E-state index in [9.17, 15) is 0 Å². The molecule has 126 valence electrons. The zero-order valence-electron chi connectivity index (χ0n) is 13.5. The second kappa shape index (κ2) is 9.29. The van der Waals surface area contributed by atoms with E-state index in [0.717, 1.165) is 43.5 Å². The predicted octanol–water partition coefficient (Wildman–Crippen LogP) is 0.703. The fraction of sp³-hybridized carbons (Fsp3) is 0.786. The second-order valence-electron chi connectivity index (χ2n) is 5.64. The van der Waals surface area contributed by atoms with E-state index >= 15 is 0 Å². The molecule has 8 heteroatoms. The number of aliphatic imine (C=N–C) groups is 1. The Balaban J connectivity index is 0.00000242. The Morgan fingerprint density at radius 3 is 3.00 bits per heavy atom. The van der Waals surface area contributed by atoms with Gasteiger partial charge in [-0.25, -0.2) is 9.67 Å². The molecule has 7 nitrogen and oxygen atoms in total. The third-order valence-electron chi connectivity index (χ3n) is 3.52. The Bertz CT molecular complexity index is 490. The summed E-state index contributed by atoms with van der Waals surface area (Å²) in [7, 11) is 0. The minimum absolute atomic E-state index is 0. The third-order valence-corrected chi connectivity index (χ3v) is 3.52. The number of guanidine groups is 1. The molecule has 0 saturated carbocycles. The standard InChI is InChI=1S/C14H26N6O.HI/c1-4-15-14(16-7-10(2)9-21)18-12-5-6-13-17-11(3)19-20(13)8-12;/h10,12,21H,4-9H2,1-3H3,(H2,15,16,18);1H. The van der Waals surface area contributed by atoms with Crippen LogP contribution in [0.15, 0.2) is 4.99 Å². The van der Waals surface area contributed by atoms with Crippen molar-refractivity contribution in [2.45, 2.75) is 46.2 Å². The maximum atomic E-state index is 9.08. The van der Waals surface area contributed by atoms with Crippen molar-refractivity contribution in [3.05, 3.63) is 11.6 Å². The minimum Gasteiger partial charge on any atom is -0.396 e. The van der Waals surface area contributed by atoms with Crippen LogP contribution in [0.2, 0.25) is 0 Å².